The van der Waals surface area contributed by atoms with Crippen molar-refractivity contribution in [1.82, 2.24) is 15.0 Å². The lowest BCUT2D eigenvalue weighted by Crippen LogP contribution is -2.05. The van der Waals surface area contributed by atoms with Gasteiger partial charge in [-0.2, -0.15) is 0 Å². The summed E-state index contributed by atoms with van der Waals surface area (Å²) in [6, 6.07) is 6.50. The van der Waals surface area contributed by atoms with Crippen molar-refractivity contribution in [2.24, 2.45) is 0 Å². The fourth-order valence-electron chi connectivity index (χ4n) is 2.64. The molecule has 0 aliphatic rings. The van der Waals surface area contributed by atoms with Crippen LogP contribution in [0.3, 0.4) is 0 Å². The normalized spacial score (nSPS) is 12.4. The SMILES string of the molecule is CCc1ccc(OC)c(C(CC)Cc2cn(CC)nn2)c1. The van der Waals surface area contributed by atoms with Crippen LogP contribution in [0.25, 0.3) is 0 Å². The molecule has 1 unspecified atom stereocenters. The van der Waals surface area contributed by atoms with Gasteiger partial charge in [-0.15, -0.1) is 5.10 Å². The average molecular weight is 287 g/mol. The van der Waals surface area contributed by atoms with Crippen molar-refractivity contribution in [3.63, 3.8) is 0 Å². The lowest BCUT2D eigenvalue weighted by Gasteiger charge is -2.18. The summed E-state index contributed by atoms with van der Waals surface area (Å²) >= 11 is 0. The number of aryl methyl sites for hydroxylation is 2. The smallest absolute Gasteiger partial charge is 0.122 e. The van der Waals surface area contributed by atoms with Gasteiger partial charge in [0, 0.05) is 19.2 Å². The second-order valence-corrected chi connectivity index (χ2v) is 5.30. The molecule has 4 heteroatoms. The Bertz CT molecular complexity index is 577. The second-order valence-electron chi connectivity index (χ2n) is 5.30. The van der Waals surface area contributed by atoms with Crippen molar-refractivity contribution in [1.29, 1.82) is 0 Å². The molecule has 0 radical (unpaired) electrons. The van der Waals surface area contributed by atoms with Crippen LogP contribution in [0.2, 0.25) is 0 Å². The maximum Gasteiger partial charge on any atom is 0.122 e. The minimum atomic E-state index is 0.411. The number of nitrogens with zero attached hydrogens (tertiary/aromatic N) is 3. The molecule has 114 valence electrons. The topological polar surface area (TPSA) is 39.9 Å². The molecule has 0 amide bonds. The van der Waals surface area contributed by atoms with Gasteiger partial charge in [0.15, 0.2) is 0 Å². The summed E-state index contributed by atoms with van der Waals surface area (Å²) in [5.41, 5.74) is 3.68. The lowest BCUT2D eigenvalue weighted by atomic mass is 9.90. The predicted molar refractivity (Wildman–Crippen MR) is 84.8 cm³/mol. The molecule has 0 bridgehead atoms. The molecule has 0 saturated heterocycles. The third-order valence-corrected chi connectivity index (χ3v) is 4.00. The number of hydrogen-bond donors (Lipinski definition) is 0. The maximum absolute atomic E-state index is 5.55. The molecule has 0 aliphatic heterocycles. The summed E-state index contributed by atoms with van der Waals surface area (Å²) in [4.78, 5) is 0. The van der Waals surface area contributed by atoms with Gasteiger partial charge in [0.1, 0.15) is 5.75 Å². The van der Waals surface area contributed by atoms with Crippen LogP contribution in [0.15, 0.2) is 24.4 Å². The van der Waals surface area contributed by atoms with Crippen molar-refractivity contribution in [3.05, 3.63) is 41.2 Å². The fourth-order valence-corrected chi connectivity index (χ4v) is 2.64. The van der Waals surface area contributed by atoms with Crippen LogP contribution >= 0.6 is 0 Å². The third-order valence-electron chi connectivity index (χ3n) is 4.00. The molecule has 0 aliphatic carbocycles. The van der Waals surface area contributed by atoms with Gasteiger partial charge in [-0.25, -0.2) is 0 Å². The molecule has 1 aromatic heterocycles. The first-order valence-electron chi connectivity index (χ1n) is 7.77. The number of ether oxygens (including phenoxy) is 1. The van der Waals surface area contributed by atoms with E-state index in [1.54, 1.807) is 7.11 Å². The third kappa shape index (κ3) is 3.63. The Kier molecular flexibility index (Phi) is 5.37. The summed E-state index contributed by atoms with van der Waals surface area (Å²) in [6.07, 6.45) is 5.04. The Morgan fingerprint density at radius 2 is 2.05 bits per heavy atom. The van der Waals surface area contributed by atoms with Crippen LogP contribution in [-0.2, 0) is 19.4 Å². The summed E-state index contributed by atoms with van der Waals surface area (Å²) in [6.45, 7) is 7.33. The summed E-state index contributed by atoms with van der Waals surface area (Å²) in [5, 5.41) is 8.40. The Labute approximate surface area is 127 Å². The molecule has 1 heterocycles. The predicted octanol–water partition coefficient (Wildman–Crippen LogP) is 3.61. The first-order chi connectivity index (χ1) is 10.2. The molecule has 0 fully saturated rings. The first kappa shape index (κ1) is 15.5. The molecule has 4 nitrogen and oxygen atoms in total. The highest BCUT2D eigenvalue weighted by Crippen LogP contribution is 2.32. The van der Waals surface area contributed by atoms with Crippen molar-refractivity contribution >= 4 is 0 Å². The van der Waals surface area contributed by atoms with Gasteiger partial charge in [0.2, 0.25) is 0 Å². The van der Waals surface area contributed by atoms with Crippen LogP contribution in [-0.4, -0.2) is 22.1 Å². The molecular formula is C17H25N3O. The van der Waals surface area contributed by atoms with Crippen LogP contribution < -0.4 is 4.74 Å². The van der Waals surface area contributed by atoms with Gasteiger partial charge in [-0.3, -0.25) is 4.68 Å². The second kappa shape index (κ2) is 7.25. The molecule has 1 atom stereocenters. The number of rotatable bonds is 7. The van der Waals surface area contributed by atoms with E-state index in [2.05, 4.69) is 49.3 Å². The zero-order chi connectivity index (χ0) is 15.2. The van der Waals surface area contributed by atoms with E-state index in [9.17, 15) is 0 Å². The summed E-state index contributed by atoms with van der Waals surface area (Å²) < 4.78 is 7.43. The highest BCUT2D eigenvalue weighted by molar-refractivity contribution is 5.40. The van der Waals surface area contributed by atoms with Crippen molar-refractivity contribution in [3.8, 4) is 5.75 Å². The molecule has 0 spiro atoms. The van der Waals surface area contributed by atoms with Gasteiger partial charge < -0.3 is 4.74 Å². The van der Waals surface area contributed by atoms with E-state index in [1.165, 1.54) is 11.1 Å². The largest absolute Gasteiger partial charge is 0.496 e. The average Bonchev–Trinajstić information content (AvgIpc) is 2.99. The van der Waals surface area contributed by atoms with Gasteiger partial charge >= 0.3 is 0 Å². The first-order valence-corrected chi connectivity index (χ1v) is 7.77. The lowest BCUT2D eigenvalue weighted by molar-refractivity contribution is 0.403. The zero-order valence-corrected chi connectivity index (χ0v) is 13.5. The molecular weight excluding hydrogens is 262 g/mol. The molecule has 21 heavy (non-hydrogen) atoms. The van der Waals surface area contributed by atoms with Gasteiger partial charge in [0.25, 0.3) is 0 Å². The molecule has 2 aromatic rings. The fraction of sp³-hybridized carbons (Fsp3) is 0.529. The highest BCUT2D eigenvalue weighted by Gasteiger charge is 2.17. The van der Waals surface area contributed by atoms with E-state index >= 15 is 0 Å². The van der Waals surface area contributed by atoms with E-state index in [0.29, 0.717) is 5.92 Å². The van der Waals surface area contributed by atoms with Crippen LogP contribution in [0.4, 0.5) is 0 Å². The van der Waals surface area contributed by atoms with E-state index in [0.717, 1.165) is 37.3 Å². The number of hydrogen-bond acceptors (Lipinski definition) is 3. The van der Waals surface area contributed by atoms with Crippen molar-refractivity contribution < 1.29 is 4.74 Å². The Morgan fingerprint density at radius 1 is 1.24 bits per heavy atom. The molecule has 2 rings (SSSR count). The highest BCUT2D eigenvalue weighted by atomic mass is 16.5. The van der Waals surface area contributed by atoms with Crippen LogP contribution in [0.5, 0.6) is 5.75 Å². The number of benzene rings is 1. The monoisotopic (exact) mass is 287 g/mol. The van der Waals surface area contributed by atoms with Gasteiger partial charge in [0.05, 0.1) is 12.8 Å². The maximum atomic E-state index is 5.55. The van der Waals surface area contributed by atoms with Crippen molar-refractivity contribution in [2.75, 3.05) is 7.11 Å². The Morgan fingerprint density at radius 3 is 2.62 bits per heavy atom. The minimum absolute atomic E-state index is 0.411. The quantitative estimate of drug-likeness (QED) is 0.781. The van der Waals surface area contributed by atoms with E-state index < -0.39 is 0 Å². The van der Waals surface area contributed by atoms with Crippen LogP contribution in [0, 0.1) is 0 Å². The van der Waals surface area contributed by atoms with E-state index in [4.69, 9.17) is 4.74 Å². The Hall–Kier alpha value is -1.84. The summed E-state index contributed by atoms with van der Waals surface area (Å²) in [5.74, 6) is 1.38. The number of aromatic nitrogens is 3. The minimum Gasteiger partial charge on any atom is -0.496 e. The van der Waals surface area contributed by atoms with Gasteiger partial charge in [-0.1, -0.05) is 31.2 Å². The number of methoxy groups -OCH3 is 1. The zero-order valence-electron chi connectivity index (χ0n) is 13.5. The molecule has 0 saturated carbocycles. The molecule has 0 N–H and O–H groups in total. The Balaban J connectivity index is 2.27. The summed E-state index contributed by atoms with van der Waals surface area (Å²) in [7, 11) is 1.74. The van der Waals surface area contributed by atoms with Gasteiger partial charge in [-0.05, 0) is 42.9 Å². The van der Waals surface area contributed by atoms with E-state index in [-0.39, 0.29) is 0 Å². The van der Waals surface area contributed by atoms with Crippen LogP contribution in [0.1, 0.15) is 49.9 Å². The molecule has 1 aromatic carbocycles. The van der Waals surface area contributed by atoms with Crippen molar-refractivity contribution in [2.45, 2.75) is 52.5 Å². The standard InChI is InChI=1S/C17H25N3O/c1-5-13-8-9-17(21-4)16(10-13)14(6-2)11-15-12-20(7-3)19-18-15/h8-10,12,14H,5-7,11H2,1-4H3. The van der Waals surface area contributed by atoms with E-state index in [1.807, 2.05) is 10.9 Å².